The highest BCUT2D eigenvalue weighted by Gasteiger charge is 2.62. The first-order valence-electron chi connectivity index (χ1n) is 9.07. The van der Waals surface area contributed by atoms with Gasteiger partial charge in [-0.15, -0.1) is 0 Å². The molecule has 0 bridgehead atoms. The van der Waals surface area contributed by atoms with Crippen LogP contribution >= 0.6 is 0 Å². The Bertz CT molecular complexity index is 809. The van der Waals surface area contributed by atoms with Crippen LogP contribution < -0.4 is 0 Å². The Morgan fingerprint density at radius 2 is 1.62 bits per heavy atom. The van der Waals surface area contributed by atoms with Crippen molar-refractivity contribution in [3.8, 4) is 0 Å². The lowest BCUT2D eigenvalue weighted by Gasteiger charge is -2.41. The summed E-state index contributed by atoms with van der Waals surface area (Å²) in [6.07, 6.45) is 0.479. The van der Waals surface area contributed by atoms with Crippen LogP contribution in [0.15, 0.2) is 16.5 Å². The molecule has 10 heteroatoms. The van der Waals surface area contributed by atoms with Crippen LogP contribution in [0, 0.1) is 17.3 Å². The van der Waals surface area contributed by atoms with E-state index >= 15 is 0 Å². The largest absolute Gasteiger partial charge is 0.481 e. The topological polar surface area (TPSA) is 179 Å². The third kappa shape index (κ3) is 4.21. The SMILES string of the molecule is CCC(=O)C12CC(O)CCC1C(=O)CC2C(=O)O.O=C(O)c1ccc(C(=O)O)o1. The van der Waals surface area contributed by atoms with Crippen molar-refractivity contribution >= 4 is 29.5 Å². The summed E-state index contributed by atoms with van der Waals surface area (Å²) in [6, 6.07) is 2.18. The van der Waals surface area contributed by atoms with E-state index < -0.39 is 41.3 Å². The van der Waals surface area contributed by atoms with E-state index in [1.54, 1.807) is 6.92 Å². The van der Waals surface area contributed by atoms with E-state index in [2.05, 4.69) is 4.42 Å². The summed E-state index contributed by atoms with van der Waals surface area (Å²) >= 11 is 0. The molecule has 2 saturated carbocycles. The molecule has 1 heterocycles. The maximum absolute atomic E-state index is 12.2. The van der Waals surface area contributed by atoms with E-state index in [4.69, 9.17) is 10.2 Å². The predicted octanol–water partition coefficient (Wildman–Crippen LogP) is 1.46. The average molecular weight is 410 g/mol. The first kappa shape index (κ1) is 22.3. The molecule has 0 aliphatic heterocycles. The lowest BCUT2D eigenvalue weighted by atomic mass is 9.60. The van der Waals surface area contributed by atoms with Gasteiger partial charge in [0.1, 0.15) is 11.6 Å². The summed E-state index contributed by atoms with van der Waals surface area (Å²) < 4.78 is 4.41. The van der Waals surface area contributed by atoms with Gasteiger partial charge in [0.25, 0.3) is 0 Å². The number of carboxylic acids is 3. The number of carboxylic acid groups (broad SMARTS) is 3. The van der Waals surface area contributed by atoms with Crippen LogP contribution in [-0.2, 0) is 14.4 Å². The van der Waals surface area contributed by atoms with Gasteiger partial charge >= 0.3 is 17.9 Å². The quantitative estimate of drug-likeness (QED) is 0.555. The monoisotopic (exact) mass is 410 g/mol. The fourth-order valence-corrected chi connectivity index (χ4v) is 4.32. The van der Waals surface area contributed by atoms with E-state index in [0.29, 0.717) is 12.8 Å². The van der Waals surface area contributed by atoms with Crippen LogP contribution in [0.2, 0.25) is 0 Å². The molecule has 0 radical (unpaired) electrons. The van der Waals surface area contributed by atoms with Gasteiger partial charge in [0, 0.05) is 18.8 Å². The molecule has 10 nitrogen and oxygen atoms in total. The van der Waals surface area contributed by atoms with Gasteiger partial charge in [0.15, 0.2) is 0 Å². The summed E-state index contributed by atoms with van der Waals surface area (Å²) in [7, 11) is 0. The highest BCUT2D eigenvalue weighted by molar-refractivity contribution is 6.01. The van der Waals surface area contributed by atoms with Crippen molar-refractivity contribution in [2.24, 2.45) is 17.3 Å². The molecule has 2 aliphatic carbocycles. The second-order valence-corrected chi connectivity index (χ2v) is 7.14. The lowest BCUT2D eigenvalue weighted by molar-refractivity contribution is -0.156. The van der Waals surface area contributed by atoms with Crippen LogP contribution in [0.3, 0.4) is 0 Å². The van der Waals surface area contributed by atoms with Gasteiger partial charge in [-0.05, 0) is 31.4 Å². The average Bonchev–Trinajstić information content (AvgIpc) is 3.26. The van der Waals surface area contributed by atoms with Gasteiger partial charge in [0.2, 0.25) is 11.5 Å². The summed E-state index contributed by atoms with van der Waals surface area (Å²) in [4.78, 5) is 55.9. The fraction of sp³-hybridized carbons (Fsp3) is 0.526. The van der Waals surface area contributed by atoms with Crippen LogP contribution in [0.5, 0.6) is 0 Å². The van der Waals surface area contributed by atoms with Crippen LogP contribution in [0.25, 0.3) is 0 Å². The molecule has 4 unspecified atom stereocenters. The van der Waals surface area contributed by atoms with E-state index in [0.717, 1.165) is 12.1 Å². The summed E-state index contributed by atoms with van der Waals surface area (Å²) in [5.74, 6) is -6.19. The summed E-state index contributed by atoms with van der Waals surface area (Å²) in [6.45, 7) is 1.68. The second kappa shape index (κ2) is 8.56. The third-order valence-corrected chi connectivity index (χ3v) is 5.57. The molecule has 158 valence electrons. The number of carbonyl (C=O) groups excluding carboxylic acids is 2. The van der Waals surface area contributed by atoms with Crippen LogP contribution in [0.4, 0.5) is 0 Å². The standard InChI is InChI=1S/C13H18O5.C6H4O5/c1-2-11(16)13-6-7(14)3-4-8(13)10(15)5-9(13)12(17)18;7-5(8)3-1-2-4(11-3)6(9)10/h7-9,14H,2-6H2,1H3,(H,17,18);1-2H,(H,7,8)(H,9,10). The Morgan fingerprint density at radius 1 is 1.07 bits per heavy atom. The van der Waals surface area contributed by atoms with E-state index in [1.165, 1.54) is 0 Å². The van der Waals surface area contributed by atoms with Crippen molar-refractivity contribution in [1.82, 2.24) is 0 Å². The number of furan rings is 1. The third-order valence-electron chi connectivity index (χ3n) is 5.57. The summed E-state index contributed by atoms with van der Waals surface area (Å²) in [5.41, 5.74) is -1.16. The number of hydrogen-bond donors (Lipinski definition) is 4. The number of fused-ring (bicyclic) bond motifs is 1. The molecule has 0 aromatic carbocycles. The van der Waals surface area contributed by atoms with Crippen molar-refractivity contribution < 1.29 is 48.8 Å². The molecule has 0 spiro atoms. The van der Waals surface area contributed by atoms with E-state index in [1.807, 2.05) is 0 Å². The molecular formula is C19H22O10. The minimum Gasteiger partial charge on any atom is -0.481 e. The normalized spacial score (nSPS) is 28.1. The highest BCUT2D eigenvalue weighted by atomic mass is 16.4. The molecule has 1 aromatic heterocycles. The molecule has 4 atom stereocenters. The zero-order chi connectivity index (χ0) is 21.9. The number of rotatable bonds is 5. The fourth-order valence-electron chi connectivity index (χ4n) is 4.32. The second-order valence-electron chi connectivity index (χ2n) is 7.14. The lowest BCUT2D eigenvalue weighted by Crippen LogP contribution is -2.49. The van der Waals surface area contributed by atoms with E-state index in [9.17, 15) is 34.2 Å². The molecule has 1 aromatic rings. The number of aliphatic hydroxyl groups excluding tert-OH is 1. The Balaban J connectivity index is 0.000000234. The summed E-state index contributed by atoms with van der Waals surface area (Å²) in [5, 5.41) is 35.7. The maximum Gasteiger partial charge on any atom is 0.371 e. The van der Waals surface area contributed by atoms with Gasteiger partial charge in [-0.1, -0.05) is 6.92 Å². The van der Waals surface area contributed by atoms with Gasteiger partial charge in [-0.3, -0.25) is 14.4 Å². The molecule has 2 fully saturated rings. The molecule has 0 saturated heterocycles. The van der Waals surface area contributed by atoms with Crippen LogP contribution in [-0.4, -0.2) is 56.0 Å². The zero-order valence-corrected chi connectivity index (χ0v) is 15.7. The minimum atomic E-state index is -1.28. The molecule has 29 heavy (non-hydrogen) atoms. The number of ketones is 2. The molecule has 4 N–H and O–H groups in total. The predicted molar refractivity (Wildman–Crippen MR) is 94.5 cm³/mol. The Morgan fingerprint density at radius 3 is 2.03 bits per heavy atom. The van der Waals surface area contributed by atoms with Gasteiger partial charge < -0.3 is 24.8 Å². The first-order valence-corrected chi connectivity index (χ1v) is 9.07. The number of hydrogen-bond acceptors (Lipinski definition) is 7. The van der Waals surface area contributed by atoms with Crippen molar-refractivity contribution in [2.75, 3.05) is 0 Å². The highest BCUT2D eigenvalue weighted by Crippen LogP contribution is 2.55. The number of aromatic carboxylic acids is 2. The first-order chi connectivity index (χ1) is 13.5. The number of carbonyl (C=O) groups is 5. The number of aliphatic carboxylic acids is 1. The number of aliphatic hydroxyl groups is 1. The van der Waals surface area contributed by atoms with Gasteiger partial charge in [-0.2, -0.15) is 0 Å². The Kier molecular flexibility index (Phi) is 6.58. The Hall–Kier alpha value is -3.01. The van der Waals surface area contributed by atoms with Crippen molar-refractivity contribution in [3.63, 3.8) is 0 Å². The molecule has 2 aliphatic rings. The van der Waals surface area contributed by atoms with Crippen molar-refractivity contribution in [2.45, 2.75) is 45.1 Å². The minimum absolute atomic E-state index is 0.0710. The van der Waals surface area contributed by atoms with E-state index in [-0.39, 0.29) is 42.3 Å². The zero-order valence-electron chi connectivity index (χ0n) is 15.7. The molecule has 0 amide bonds. The molecule has 3 rings (SSSR count). The van der Waals surface area contributed by atoms with Gasteiger partial charge in [0.05, 0.1) is 17.4 Å². The Labute approximate surface area is 165 Å². The maximum atomic E-state index is 12.2. The van der Waals surface area contributed by atoms with Crippen molar-refractivity contribution in [3.05, 3.63) is 23.7 Å². The number of Topliss-reactive ketones (excluding diaryl/α,β-unsaturated/α-hetero) is 2. The molecular weight excluding hydrogens is 388 g/mol. The van der Waals surface area contributed by atoms with Crippen LogP contribution in [0.1, 0.15) is 60.1 Å². The van der Waals surface area contributed by atoms with Crippen molar-refractivity contribution in [1.29, 1.82) is 0 Å². The smallest absolute Gasteiger partial charge is 0.371 e. The van der Waals surface area contributed by atoms with Gasteiger partial charge in [-0.25, -0.2) is 9.59 Å².